The molecule has 0 bridgehead atoms. The minimum atomic E-state index is -4.51. The summed E-state index contributed by atoms with van der Waals surface area (Å²) < 4.78 is 58.4. The number of ether oxygens (including phenoxy) is 1. The monoisotopic (exact) mass is 486 g/mol. The van der Waals surface area contributed by atoms with Crippen molar-refractivity contribution in [2.24, 2.45) is 0 Å². The van der Waals surface area contributed by atoms with E-state index >= 15 is 0 Å². The Morgan fingerprint density at radius 3 is 2.43 bits per heavy atom. The van der Waals surface area contributed by atoms with Crippen LogP contribution in [-0.4, -0.2) is 32.2 Å². The van der Waals surface area contributed by atoms with E-state index in [2.05, 4.69) is 17.1 Å². The molecule has 1 amide bonds. The fourth-order valence-electron chi connectivity index (χ4n) is 4.21. The molecule has 0 atom stereocenters. The normalized spacial score (nSPS) is 14.1. The van der Waals surface area contributed by atoms with Crippen molar-refractivity contribution in [2.45, 2.75) is 26.2 Å². The summed E-state index contributed by atoms with van der Waals surface area (Å²) in [6.07, 6.45) is -3.68. The van der Waals surface area contributed by atoms with Gasteiger partial charge < -0.3 is 15.0 Å². The van der Waals surface area contributed by atoms with E-state index in [9.17, 15) is 22.4 Å². The maximum atomic E-state index is 13.9. The largest absolute Gasteiger partial charge is 0.416 e. The molecule has 1 aliphatic rings. The summed E-state index contributed by atoms with van der Waals surface area (Å²) in [4.78, 5) is 15.1. The molecule has 4 rings (SSSR count). The lowest BCUT2D eigenvalue weighted by Crippen LogP contribution is -2.36. The second kappa shape index (κ2) is 10.5. The minimum Gasteiger partial charge on any atom is -0.378 e. The Morgan fingerprint density at radius 2 is 1.74 bits per heavy atom. The molecule has 1 heterocycles. The number of rotatable bonds is 6. The van der Waals surface area contributed by atoms with Gasteiger partial charge in [0.2, 0.25) is 0 Å². The molecule has 35 heavy (non-hydrogen) atoms. The number of morpholine rings is 1. The summed E-state index contributed by atoms with van der Waals surface area (Å²) in [5, 5.41) is 2.51. The fraction of sp³-hybridized carbons (Fsp3) is 0.296. The van der Waals surface area contributed by atoms with E-state index in [4.69, 9.17) is 4.74 Å². The number of nitrogens with one attached hydrogen (secondary N) is 1. The molecule has 0 aliphatic carbocycles. The Balaban J connectivity index is 1.66. The van der Waals surface area contributed by atoms with Gasteiger partial charge in [-0.2, -0.15) is 13.2 Å². The van der Waals surface area contributed by atoms with Crippen LogP contribution in [0, 0.1) is 0 Å². The van der Waals surface area contributed by atoms with Crippen molar-refractivity contribution in [2.75, 3.05) is 36.5 Å². The number of anilines is 2. The molecule has 8 heteroatoms. The van der Waals surface area contributed by atoms with Crippen molar-refractivity contribution in [1.82, 2.24) is 0 Å². The quantitative estimate of drug-likeness (QED) is 0.405. The van der Waals surface area contributed by atoms with E-state index in [0.717, 1.165) is 48.5 Å². The maximum absolute atomic E-state index is 13.9. The first-order valence-corrected chi connectivity index (χ1v) is 11.4. The van der Waals surface area contributed by atoms with Crippen LogP contribution in [0.5, 0.6) is 0 Å². The SMILES string of the molecule is CCc1ccc(-c2cc(C(=O)Nc3cccc(C(F)(F)F)c3)ccc2CF)cc1N1CCOCC1. The van der Waals surface area contributed by atoms with Gasteiger partial charge in [0.15, 0.2) is 0 Å². The van der Waals surface area contributed by atoms with Crippen LogP contribution in [0.3, 0.4) is 0 Å². The zero-order chi connectivity index (χ0) is 25.0. The standard InChI is InChI=1S/C27H26F4N2O2/c1-2-18-6-7-19(15-25(18)33-10-12-35-13-11-33)24-14-20(8-9-21(24)17-28)26(34)32-23-5-3-4-22(16-23)27(29,30)31/h3-9,14-16H,2,10-13,17H2,1H3,(H,32,34). The number of alkyl halides is 4. The van der Waals surface area contributed by atoms with Crippen LogP contribution in [0.4, 0.5) is 28.9 Å². The van der Waals surface area contributed by atoms with E-state index in [1.54, 1.807) is 12.1 Å². The highest BCUT2D eigenvalue weighted by Gasteiger charge is 2.30. The van der Waals surface area contributed by atoms with Crippen LogP contribution >= 0.6 is 0 Å². The Kier molecular flexibility index (Phi) is 7.40. The van der Waals surface area contributed by atoms with Gasteiger partial charge in [-0.1, -0.05) is 31.2 Å². The molecule has 0 unspecified atom stereocenters. The predicted octanol–water partition coefficient (Wildman–Crippen LogP) is 6.49. The molecule has 0 saturated carbocycles. The number of amides is 1. The van der Waals surface area contributed by atoms with Crippen molar-refractivity contribution in [1.29, 1.82) is 0 Å². The van der Waals surface area contributed by atoms with Crippen LogP contribution < -0.4 is 10.2 Å². The van der Waals surface area contributed by atoms with Gasteiger partial charge in [0.1, 0.15) is 6.67 Å². The first-order chi connectivity index (χ1) is 16.8. The Hall–Kier alpha value is -3.39. The topological polar surface area (TPSA) is 41.6 Å². The summed E-state index contributed by atoms with van der Waals surface area (Å²) in [7, 11) is 0. The van der Waals surface area contributed by atoms with Crippen LogP contribution in [0.2, 0.25) is 0 Å². The number of carbonyl (C=O) groups excluding carboxylic acids is 1. The van der Waals surface area contributed by atoms with E-state index < -0.39 is 24.3 Å². The molecule has 4 nitrogen and oxygen atoms in total. The molecule has 3 aromatic carbocycles. The third-order valence-corrected chi connectivity index (χ3v) is 6.09. The average Bonchev–Trinajstić information content (AvgIpc) is 2.88. The average molecular weight is 487 g/mol. The third-order valence-electron chi connectivity index (χ3n) is 6.09. The third kappa shape index (κ3) is 5.65. The zero-order valence-electron chi connectivity index (χ0n) is 19.3. The van der Waals surface area contributed by atoms with Crippen molar-refractivity contribution < 1.29 is 27.1 Å². The minimum absolute atomic E-state index is 0.0304. The first kappa shape index (κ1) is 24.7. The van der Waals surface area contributed by atoms with Gasteiger partial charge in [-0.3, -0.25) is 4.79 Å². The Morgan fingerprint density at radius 1 is 1.00 bits per heavy atom. The Labute approximate surface area is 201 Å². The molecule has 3 aromatic rings. The molecule has 1 aliphatic heterocycles. The van der Waals surface area contributed by atoms with Gasteiger partial charge in [-0.25, -0.2) is 4.39 Å². The Bertz CT molecular complexity index is 1200. The number of carbonyl (C=O) groups is 1. The number of hydrogen-bond donors (Lipinski definition) is 1. The van der Waals surface area contributed by atoms with Crippen LogP contribution in [0.25, 0.3) is 11.1 Å². The molecule has 1 N–H and O–H groups in total. The number of hydrogen-bond acceptors (Lipinski definition) is 3. The lowest BCUT2D eigenvalue weighted by molar-refractivity contribution is -0.137. The number of benzene rings is 3. The number of halogens is 4. The van der Waals surface area contributed by atoms with Crippen LogP contribution in [-0.2, 0) is 24.0 Å². The highest BCUT2D eigenvalue weighted by atomic mass is 19.4. The molecular formula is C27H26F4N2O2. The number of aryl methyl sites for hydroxylation is 1. The molecule has 0 radical (unpaired) electrons. The second-order valence-electron chi connectivity index (χ2n) is 8.33. The van der Waals surface area contributed by atoms with Gasteiger partial charge in [0, 0.05) is 30.0 Å². The van der Waals surface area contributed by atoms with E-state index in [1.165, 1.54) is 18.2 Å². The van der Waals surface area contributed by atoms with Crippen LogP contribution in [0.15, 0.2) is 60.7 Å². The summed E-state index contributed by atoms with van der Waals surface area (Å²) in [6.45, 7) is 4.14. The summed E-state index contributed by atoms with van der Waals surface area (Å²) in [5.74, 6) is -0.574. The molecular weight excluding hydrogens is 460 g/mol. The fourth-order valence-corrected chi connectivity index (χ4v) is 4.21. The van der Waals surface area contributed by atoms with Crippen molar-refractivity contribution >= 4 is 17.3 Å². The maximum Gasteiger partial charge on any atom is 0.416 e. The summed E-state index contributed by atoms with van der Waals surface area (Å²) in [6, 6.07) is 15.0. The van der Waals surface area contributed by atoms with Crippen molar-refractivity contribution in [3.8, 4) is 11.1 Å². The van der Waals surface area contributed by atoms with E-state index in [-0.39, 0.29) is 11.3 Å². The number of nitrogens with zero attached hydrogens (tertiary/aromatic N) is 1. The lowest BCUT2D eigenvalue weighted by Gasteiger charge is -2.31. The molecule has 184 valence electrons. The predicted molar refractivity (Wildman–Crippen MR) is 128 cm³/mol. The molecule has 1 saturated heterocycles. The van der Waals surface area contributed by atoms with Gasteiger partial charge in [0.05, 0.1) is 18.8 Å². The lowest BCUT2D eigenvalue weighted by atomic mass is 9.95. The molecule has 0 spiro atoms. The molecule has 1 fully saturated rings. The summed E-state index contributed by atoms with van der Waals surface area (Å²) >= 11 is 0. The van der Waals surface area contributed by atoms with E-state index in [1.807, 2.05) is 18.2 Å². The first-order valence-electron chi connectivity index (χ1n) is 11.4. The van der Waals surface area contributed by atoms with Gasteiger partial charge in [-0.05, 0) is 65.1 Å². The van der Waals surface area contributed by atoms with E-state index in [0.29, 0.717) is 24.3 Å². The smallest absolute Gasteiger partial charge is 0.378 e. The second-order valence-corrected chi connectivity index (χ2v) is 8.33. The highest BCUT2D eigenvalue weighted by Crippen LogP contribution is 2.33. The molecule has 0 aromatic heterocycles. The summed E-state index contributed by atoms with van der Waals surface area (Å²) in [5.41, 5.74) is 3.39. The highest BCUT2D eigenvalue weighted by molar-refractivity contribution is 6.05. The van der Waals surface area contributed by atoms with Crippen molar-refractivity contribution in [3.05, 3.63) is 82.9 Å². The van der Waals surface area contributed by atoms with Crippen LogP contribution in [0.1, 0.15) is 34.0 Å². The van der Waals surface area contributed by atoms with Gasteiger partial charge >= 0.3 is 6.18 Å². The van der Waals surface area contributed by atoms with Gasteiger partial charge in [0.25, 0.3) is 5.91 Å². The van der Waals surface area contributed by atoms with Crippen molar-refractivity contribution in [3.63, 3.8) is 0 Å². The van der Waals surface area contributed by atoms with Gasteiger partial charge in [-0.15, -0.1) is 0 Å². The zero-order valence-corrected chi connectivity index (χ0v) is 19.3.